The summed E-state index contributed by atoms with van der Waals surface area (Å²) in [5, 5.41) is 11.5. The Morgan fingerprint density at radius 2 is 2.54 bits per heavy atom. The predicted octanol–water partition coefficient (Wildman–Crippen LogP) is 1.56. The normalized spacial score (nSPS) is 17.0. The summed E-state index contributed by atoms with van der Waals surface area (Å²) in [4.78, 5) is 2.04. The quantitative estimate of drug-likeness (QED) is 0.749. The van der Waals surface area contributed by atoms with Crippen molar-refractivity contribution in [3.63, 3.8) is 0 Å². The lowest BCUT2D eigenvalue weighted by atomic mass is 10.3. The van der Waals surface area contributed by atoms with Gasteiger partial charge in [-0.05, 0) is 13.3 Å². The molecular weight excluding hydrogens is 166 g/mol. The minimum absolute atomic E-state index is 0.718. The van der Waals surface area contributed by atoms with E-state index in [-0.39, 0.29) is 0 Å². The van der Waals surface area contributed by atoms with Gasteiger partial charge in [-0.3, -0.25) is 5.41 Å². The van der Waals surface area contributed by atoms with Crippen LogP contribution >= 0.6 is 0 Å². The van der Waals surface area contributed by atoms with Crippen LogP contribution in [0.1, 0.15) is 24.3 Å². The van der Waals surface area contributed by atoms with Crippen LogP contribution in [0.25, 0.3) is 0 Å². The van der Waals surface area contributed by atoms with Gasteiger partial charge in [0.25, 0.3) is 0 Å². The molecule has 2 rings (SSSR count). The first-order valence-electron chi connectivity index (χ1n) is 4.50. The van der Waals surface area contributed by atoms with E-state index in [1.54, 1.807) is 0 Å². The van der Waals surface area contributed by atoms with Gasteiger partial charge < -0.3 is 9.42 Å². The predicted molar refractivity (Wildman–Crippen MR) is 48.6 cm³/mol. The largest absolute Gasteiger partial charge is 0.361 e. The van der Waals surface area contributed by atoms with Crippen molar-refractivity contribution in [2.24, 2.45) is 0 Å². The third-order valence-corrected chi connectivity index (χ3v) is 2.25. The van der Waals surface area contributed by atoms with Crippen molar-refractivity contribution in [3.8, 4) is 0 Å². The van der Waals surface area contributed by atoms with Gasteiger partial charge in [0.05, 0.1) is 12.4 Å². The second kappa shape index (κ2) is 3.20. The first kappa shape index (κ1) is 8.29. The van der Waals surface area contributed by atoms with Crippen molar-refractivity contribution in [2.75, 3.05) is 6.54 Å². The number of hydrogen-bond donors (Lipinski definition) is 1. The fraction of sp³-hybridized carbons (Fsp3) is 0.556. The number of nitrogens with zero attached hydrogens (tertiary/aromatic N) is 2. The lowest BCUT2D eigenvalue weighted by molar-refractivity contribution is 0.370. The third kappa shape index (κ3) is 1.71. The van der Waals surface area contributed by atoms with Crippen LogP contribution in [0.5, 0.6) is 0 Å². The van der Waals surface area contributed by atoms with E-state index in [0.29, 0.717) is 0 Å². The van der Waals surface area contributed by atoms with Crippen molar-refractivity contribution in [1.82, 2.24) is 10.1 Å². The zero-order valence-electron chi connectivity index (χ0n) is 7.71. The Morgan fingerprint density at radius 3 is 3.08 bits per heavy atom. The summed E-state index contributed by atoms with van der Waals surface area (Å²) in [6, 6.07) is 1.92. The van der Waals surface area contributed by atoms with Gasteiger partial charge in [-0.25, -0.2) is 0 Å². The highest BCUT2D eigenvalue weighted by Crippen LogP contribution is 2.14. The molecule has 1 aliphatic rings. The zero-order valence-corrected chi connectivity index (χ0v) is 7.71. The molecule has 0 atom stereocenters. The van der Waals surface area contributed by atoms with E-state index in [1.807, 2.05) is 17.9 Å². The Kier molecular flexibility index (Phi) is 2.04. The van der Waals surface area contributed by atoms with Gasteiger partial charge in [0, 0.05) is 19.0 Å². The molecule has 1 aromatic heterocycles. The minimum atomic E-state index is 0.718. The molecule has 1 aliphatic heterocycles. The highest BCUT2D eigenvalue weighted by atomic mass is 16.5. The molecule has 0 spiro atoms. The number of hydrogen-bond acceptors (Lipinski definition) is 3. The number of rotatable bonds is 2. The second-order valence-electron chi connectivity index (χ2n) is 3.40. The van der Waals surface area contributed by atoms with E-state index < -0.39 is 0 Å². The maximum Gasteiger partial charge on any atom is 0.133 e. The number of likely N-dealkylation sites (tertiary alicyclic amines) is 1. The lowest BCUT2D eigenvalue weighted by Gasteiger charge is -2.14. The van der Waals surface area contributed by atoms with Crippen molar-refractivity contribution in [1.29, 1.82) is 5.41 Å². The topological polar surface area (TPSA) is 53.1 Å². The molecule has 4 nitrogen and oxygen atoms in total. The molecule has 0 amide bonds. The number of aryl methyl sites for hydroxylation is 1. The lowest BCUT2D eigenvalue weighted by Crippen LogP contribution is -2.23. The van der Waals surface area contributed by atoms with Crippen molar-refractivity contribution in [2.45, 2.75) is 26.3 Å². The average molecular weight is 179 g/mol. The molecule has 4 heteroatoms. The molecule has 2 heterocycles. The molecule has 0 saturated carbocycles. The maximum absolute atomic E-state index is 7.63. The van der Waals surface area contributed by atoms with E-state index >= 15 is 0 Å². The van der Waals surface area contributed by atoms with E-state index in [2.05, 4.69) is 5.16 Å². The van der Waals surface area contributed by atoms with Gasteiger partial charge in [0.15, 0.2) is 0 Å². The van der Waals surface area contributed by atoms with Gasteiger partial charge >= 0.3 is 0 Å². The number of nitrogens with one attached hydrogen (secondary N) is 1. The van der Waals surface area contributed by atoms with Gasteiger partial charge in [0.1, 0.15) is 11.5 Å². The van der Waals surface area contributed by atoms with Crippen LogP contribution in [0, 0.1) is 12.3 Å². The molecule has 0 bridgehead atoms. The van der Waals surface area contributed by atoms with Gasteiger partial charge in [-0.15, -0.1) is 0 Å². The van der Waals surface area contributed by atoms with Gasteiger partial charge in [0.2, 0.25) is 0 Å². The summed E-state index contributed by atoms with van der Waals surface area (Å²) in [5.74, 6) is 1.56. The van der Waals surface area contributed by atoms with Crippen LogP contribution < -0.4 is 0 Å². The van der Waals surface area contributed by atoms with Crippen LogP contribution in [0.3, 0.4) is 0 Å². The Bertz CT molecular complexity index is 318. The summed E-state index contributed by atoms with van der Waals surface area (Å²) in [7, 11) is 0. The molecule has 0 aromatic carbocycles. The summed E-state index contributed by atoms with van der Waals surface area (Å²) >= 11 is 0. The van der Waals surface area contributed by atoms with E-state index in [1.165, 1.54) is 0 Å². The summed E-state index contributed by atoms with van der Waals surface area (Å²) in [6.07, 6.45) is 1.99. The number of amidine groups is 1. The van der Waals surface area contributed by atoms with Crippen LogP contribution in [-0.4, -0.2) is 22.4 Å². The van der Waals surface area contributed by atoms with Crippen LogP contribution in [0.4, 0.5) is 0 Å². The molecule has 0 radical (unpaired) electrons. The Labute approximate surface area is 77.0 Å². The third-order valence-electron chi connectivity index (χ3n) is 2.25. The van der Waals surface area contributed by atoms with E-state index in [0.717, 1.165) is 43.2 Å². The maximum atomic E-state index is 7.63. The smallest absolute Gasteiger partial charge is 0.133 e. The average Bonchev–Trinajstić information content (AvgIpc) is 2.64. The Morgan fingerprint density at radius 1 is 1.69 bits per heavy atom. The molecule has 0 unspecified atom stereocenters. The molecule has 70 valence electrons. The first-order valence-corrected chi connectivity index (χ1v) is 4.50. The van der Waals surface area contributed by atoms with Gasteiger partial charge in [-0.2, -0.15) is 0 Å². The van der Waals surface area contributed by atoms with Crippen molar-refractivity contribution < 1.29 is 4.52 Å². The SMILES string of the molecule is Cc1cc(CN2CCCC2=N)no1. The highest BCUT2D eigenvalue weighted by molar-refractivity contribution is 5.80. The standard InChI is InChI=1S/C9H13N3O/c1-7-5-8(11-13-7)6-12-4-2-3-9(12)10/h5,10H,2-4,6H2,1H3. The summed E-state index contributed by atoms with van der Waals surface area (Å²) in [5.41, 5.74) is 0.921. The molecule has 1 saturated heterocycles. The van der Waals surface area contributed by atoms with Gasteiger partial charge in [-0.1, -0.05) is 5.16 Å². The van der Waals surface area contributed by atoms with E-state index in [9.17, 15) is 0 Å². The zero-order chi connectivity index (χ0) is 9.26. The fourth-order valence-electron chi connectivity index (χ4n) is 1.59. The second-order valence-corrected chi connectivity index (χ2v) is 3.40. The molecule has 0 aliphatic carbocycles. The Balaban J connectivity index is 2.01. The molecule has 1 N–H and O–H groups in total. The highest BCUT2D eigenvalue weighted by Gasteiger charge is 2.17. The van der Waals surface area contributed by atoms with E-state index in [4.69, 9.17) is 9.93 Å². The molecular formula is C9H13N3O. The minimum Gasteiger partial charge on any atom is -0.361 e. The fourth-order valence-corrected chi connectivity index (χ4v) is 1.59. The molecule has 1 fully saturated rings. The Hall–Kier alpha value is -1.32. The summed E-state index contributed by atoms with van der Waals surface area (Å²) < 4.78 is 4.96. The van der Waals surface area contributed by atoms with Crippen molar-refractivity contribution in [3.05, 3.63) is 17.5 Å². The van der Waals surface area contributed by atoms with Crippen LogP contribution in [0.15, 0.2) is 10.6 Å². The molecule has 1 aromatic rings. The van der Waals surface area contributed by atoms with Crippen LogP contribution in [0.2, 0.25) is 0 Å². The van der Waals surface area contributed by atoms with Crippen molar-refractivity contribution >= 4 is 5.84 Å². The summed E-state index contributed by atoms with van der Waals surface area (Å²) in [6.45, 7) is 3.58. The van der Waals surface area contributed by atoms with Crippen LogP contribution in [-0.2, 0) is 6.54 Å². The first-order chi connectivity index (χ1) is 6.25. The monoisotopic (exact) mass is 179 g/mol. The molecule has 13 heavy (non-hydrogen) atoms. The number of aromatic nitrogens is 1.